The Labute approximate surface area is 113 Å². The van der Waals surface area contributed by atoms with Gasteiger partial charge < -0.3 is 4.98 Å². The van der Waals surface area contributed by atoms with Crippen LogP contribution in [0.4, 0.5) is 0 Å². The van der Waals surface area contributed by atoms with Crippen LogP contribution in [0.15, 0.2) is 48.8 Å². The summed E-state index contributed by atoms with van der Waals surface area (Å²) in [5, 5.41) is 1.26. The largest absolute Gasteiger partial charge is 0.354 e. The number of rotatable bonds is 1. The van der Waals surface area contributed by atoms with E-state index < -0.39 is 0 Å². The van der Waals surface area contributed by atoms with Gasteiger partial charge in [0, 0.05) is 34.6 Å². The van der Waals surface area contributed by atoms with E-state index in [9.17, 15) is 0 Å². The average Bonchev–Trinajstić information content (AvgIpc) is 2.81. The van der Waals surface area contributed by atoms with E-state index >= 15 is 0 Å². The molecule has 1 aromatic carbocycles. The predicted octanol–water partition coefficient (Wildman–Crippen LogP) is 4.53. The Morgan fingerprint density at radius 1 is 1.05 bits per heavy atom. The lowest BCUT2D eigenvalue weighted by Crippen LogP contribution is -2.10. The number of aromatic nitrogens is 2. The molecule has 0 fully saturated rings. The molecule has 0 spiro atoms. The maximum atomic E-state index is 4.17. The molecule has 2 heterocycles. The summed E-state index contributed by atoms with van der Waals surface area (Å²) in [5.74, 6) is 0. The van der Waals surface area contributed by atoms with Crippen LogP contribution in [0, 0.1) is 0 Å². The van der Waals surface area contributed by atoms with Gasteiger partial charge >= 0.3 is 0 Å². The molecule has 96 valence electrons. The van der Waals surface area contributed by atoms with E-state index in [1.54, 1.807) is 6.20 Å². The molecule has 0 atom stereocenters. The molecule has 3 aromatic rings. The first-order chi connectivity index (χ1) is 9.04. The first-order valence-electron chi connectivity index (χ1n) is 6.58. The van der Waals surface area contributed by atoms with Gasteiger partial charge in [-0.3, -0.25) is 4.98 Å². The third-order valence-corrected chi connectivity index (χ3v) is 3.46. The van der Waals surface area contributed by atoms with Gasteiger partial charge in [-0.1, -0.05) is 26.8 Å². The standard InChI is InChI=1S/C17H18N2/c1-17(2,3)14-6-7-15-13(9-14)10-16(19-15)12-5-4-8-18-11-12/h4-11,19H,1-3H3. The quantitative estimate of drug-likeness (QED) is 0.675. The molecule has 0 aliphatic carbocycles. The fourth-order valence-electron chi connectivity index (χ4n) is 2.28. The Bertz CT molecular complexity index is 703. The first kappa shape index (κ1) is 12.0. The summed E-state index contributed by atoms with van der Waals surface area (Å²) in [5.41, 5.74) is 4.95. The van der Waals surface area contributed by atoms with Crippen LogP contribution in [0.1, 0.15) is 26.3 Å². The van der Waals surface area contributed by atoms with Gasteiger partial charge in [0.05, 0.1) is 0 Å². The van der Waals surface area contributed by atoms with Gasteiger partial charge in [-0.15, -0.1) is 0 Å². The second-order valence-electron chi connectivity index (χ2n) is 5.98. The van der Waals surface area contributed by atoms with E-state index in [0.29, 0.717) is 0 Å². The normalized spacial score (nSPS) is 11.9. The van der Waals surface area contributed by atoms with Gasteiger partial charge in [-0.2, -0.15) is 0 Å². The monoisotopic (exact) mass is 250 g/mol. The molecule has 2 heteroatoms. The predicted molar refractivity (Wildman–Crippen MR) is 80.2 cm³/mol. The number of fused-ring (bicyclic) bond motifs is 1. The Hall–Kier alpha value is -2.09. The lowest BCUT2D eigenvalue weighted by Gasteiger charge is -2.18. The number of nitrogens with one attached hydrogen (secondary N) is 1. The van der Waals surface area contributed by atoms with Crippen molar-refractivity contribution in [3.8, 4) is 11.3 Å². The maximum Gasteiger partial charge on any atom is 0.0480 e. The number of aromatic amines is 1. The Kier molecular flexibility index (Phi) is 2.67. The molecular formula is C17H18N2. The number of H-pyrrole nitrogens is 1. The third kappa shape index (κ3) is 2.26. The molecule has 2 aromatic heterocycles. The van der Waals surface area contributed by atoms with Crippen molar-refractivity contribution in [2.75, 3.05) is 0 Å². The molecule has 2 nitrogen and oxygen atoms in total. The molecule has 0 unspecified atom stereocenters. The highest BCUT2D eigenvalue weighted by Gasteiger charge is 2.14. The van der Waals surface area contributed by atoms with Crippen LogP contribution in [0.2, 0.25) is 0 Å². The molecule has 0 amide bonds. The van der Waals surface area contributed by atoms with Gasteiger partial charge in [0.15, 0.2) is 0 Å². The lowest BCUT2D eigenvalue weighted by molar-refractivity contribution is 0.591. The van der Waals surface area contributed by atoms with Crippen molar-refractivity contribution < 1.29 is 0 Å². The minimum Gasteiger partial charge on any atom is -0.354 e. The lowest BCUT2D eigenvalue weighted by atomic mass is 9.86. The van der Waals surface area contributed by atoms with Crippen molar-refractivity contribution in [1.82, 2.24) is 9.97 Å². The summed E-state index contributed by atoms with van der Waals surface area (Å²) in [4.78, 5) is 7.62. The van der Waals surface area contributed by atoms with Crippen molar-refractivity contribution in [1.29, 1.82) is 0 Å². The number of nitrogens with zero attached hydrogens (tertiary/aromatic N) is 1. The van der Waals surface area contributed by atoms with Crippen LogP contribution >= 0.6 is 0 Å². The number of pyridine rings is 1. The fraction of sp³-hybridized carbons (Fsp3) is 0.235. The van der Waals surface area contributed by atoms with Gasteiger partial charge in [0.25, 0.3) is 0 Å². The molecular weight excluding hydrogens is 232 g/mol. The van der Waals surface area contributed by atoms with Crippen LogP contribution in [-0.4, -0.2) is 9.97 Å². The zero-order chi connectivity index (χ0) is 13.5. The Morgan fingerprint density at radius 2 is 1.89 bits per heavy atom. The molecule has 0 aliphatic heterocycles. The zero-order valence-corrected chi connectivity index (χ0v) is 11.6. The van der Waals surface area contributed by atoms with E-state index in [4.69, 9.17) is 0 Å². The van der Waals surface area contributed by atoms with Crippen LogP contribution < -0.4 is 0 Å². The van der Waals surface area contributed by atoms with Gasteiger partial charge in [0.2, 0.25) is 0 Å². The van der Waals surface area contributed by atoms with Crippen molar-refractivity contribution in [3.05, 3.63) is 54.4 Å². The van der Waals surface area contributed by atoms with Crippen molar-refractivity contribution in [2.45, 2.75) is 26.2 Å². The summed E-state index contributed by atoms with van der Waals surface area (Å²) in [6, 6.07) is 12.9. The summed E-state index contributed by atoms with van der Waals surface area (Å²) in [6.45, 7) is 6.72. The highest BCUT2D eigenvalue weighted by atomic mass is 14.7. The molecule has 0 saturated heterocycles. The summed E-state index contributed by atoms with van der Waals surface area (Å²) >= 11 is 0. The second-order valence-corrected chi connectivity index (χ2v) is 5.98. The van der Waals surface area contributed by atoms with Gasteiger partial charge in [0.1, 0.15) is 0 Å². The van der Waals surface area contributed by atoms with Crippen molar-refractivity contribution >= 4 is 10.9 Å². The average molecular weight is 250 g/mol. The molecule has 0 radical (unpaired) electrons. The van der Waals surface area contributed by atoms with Gasteiger partial charge in [-0.25, -0.2) is 0 Å². The maximum absolute atomic E-state index is 4.17. The van der Waals surface area contributed by atoms with Crippen LogP contribution in [-0.2, 0) is 5.41 Å². The van der Waals surface area contributed by atoms with E-state index in [0.717, 1.165) is 11.3 Å². The molecule has 1 N–H and O–H groups in total. The topological polar surface area (TPSA) is 28.7 Å². The molecule has 19 heavy (non-hydrogen) atoms. The number of hydrogen-bond donors (Lipinski definition) is 1. The molecule has 0 saturated carbocycles. The highest BCUT2D eigenvalue weighted by Crippen LogP contribution is 2.28. The summed E-state index contributed by atoms with van der Waals surface area (Å²) in [6.07, 6.45) is 3.68. The van der Waals surface area contributed by atoms with E-state index in [1.807, 2.05) is 12.3 Å². The zero-order valence-electron chi connectivity index (χ0n) is 11.6. The minimum absolute atomic E-state index is 0.180. The van der Waals surface area contributed by atoms with Crippen LogP contribution in [0.5, 0.6) is 0 Å². The number of benzene rings is 1. The highest BCUT2D eigenvalue weighted by molar-refractivity contribution is 5.86. The molecule has 3 rings (SSSR count). The van der Waals surface area contributed by atoms with Crippen LogP contribution in [0.25, 0.3) is 22.2 Å². The fourth-order valence-corrected chi connectivity index (χ4v) is 2.28. The third-order valence-electron chi connectivity index (χ3n) is 3.46. The van der Waals surface area contributed by atoms with Gasteiger partial charge in [-0.05, 0) is 41.3 Å². The smallest absolute Gasteiger partial charge is 0.0480 e. The van der Waals surface area contributed by atoms with Crippen molar-refractivity contribution in [3.63, 3.8) is 0 Å². The Balaban J connectivity index is 2.12. The minimum atomic E-state index is 0.180. The molecule has 0 bridgehead atoms. The molecule has 0 aliphatic rings. The van der Waals surface area contributed by atoms with Crippen LogP contribution in [0.3, 0.4) is 0 Å². The first-order valence-corrected chi connectivity index (χ1v) is 6.58. The number of hydrogen-bond acceptors (Lipinski definition) is 1. The second kappa shape index (κ2) is 4.23. The van der Waals surface area contributed by atoms with E-state index in [1.165, 1.54) is 16.5 Å². The Morgan fingerprint density at radius 3 is 2.58 bits per heavy atom. The van der Waals surface area contributed by atoms with Crippen molar-refractivity contribution in [2.24, 2.45) is 0 Å². The van der Waals surface area contributed by atoms with E-state index in [2.05, 4.69) is 61.1 Å². The summed E-state index contributed by atoms with van der Waals surface area (Å²) < 4.78 is 0. The SMILES string of the molecule is CC(C)(C)c1ccc2[nH]c(-c3cccnc3)cc2c1. The summed E-state index contributed by atoms with van der Waals surface area (Å²) in [7, 11) is 0. The van der Waals surface area contributed by atoms with E-state index in [-0.39, 0.29) is 5.41 Å².